The molecule has 1 aromatic heterocycles. The van der Waals surface area contributed by atoms with Crippen LogP contribution >= 0.6 is 11.6 Å². The number of carbonyl (C=O) groups excluding carboxylic acids is 1. The van der Waals surface area contributed by atoms with E-state index in [4.69, 9.17) is 11.6 Å². The molecular formula is C25H22ClN3O2. The van der Waals surface area contributed by atoms with Crippen LogP contribution in [0.1, 0.15) is 16.7 Å². The van der Waals surface area contributed by atoms with Gasteiger partial charge in [0.25, 0.3) is 0 Å². The van der Waals surface area contributed by atoms with Crippen molar-refractivity contribution < 1.29 is 4.79 Å². The summed E-state index contributed by atoms with van der Waals surface area (Å²) >= 11 is 6.24. The predicted octanol–water partition coefficient (Wildman–Crippen LogP) is 5.28. The largest absolute Gasteiger partial charge is 0.349 e. The fourth-order valence-corrected chi connectivity index (χ4v) is 4.09. The van der Waals surface area contributed by atoms with Gasteiger partial charge in [-0.3, -0.25) is 9.36 Å². The SMILES string of the molecule is Cc1cc(C)c(NC(=O)Cn2c(=O)nc(-c3ccccc3)c3cc(Cl)ccc32)c(C)c1. The van der Waals surface area contributed by atoms with E-state index in [0.717, 1.165) is 27.9 Å². The van der Waals surface area contributed by atoms with Crippen molar-refractivity contribution in [1.29, 1.82) is 0 Å². The van der Waals surface area contributed by atoms with E-state index in [2.05, 4.69) is 10.3 Å². The lowest BCUT2D eigenvalue weighted by atomic mass is 10.1. The summed E-state index contributed by atoms with van der Waals surface area (Å²) in [5.74, 6) is -0.289. The van der Waals surface area contributed by atoms with E-state index < -0.39 is 5.69 Å². The minimum absolute atomic E-state index is 0.147. The lowest BCUT2D eigenvalue weighted by Crippen LogP contribution is -2.30. The molecule has 0 fully saturated rings. The molecule has 0 radical (unpaired) electrons. The van der Waals surface area contributed by atoms with Gasteiger partial charge in [0.1, 0.15) is 6.54 Å². The molecule has 0 aliphatic heterocycles. The molecule has 0 saturated carbocycles. The first-order valence-corrected chi connectivity index (χ1v) is 10.3. The molecule has 4 aromatic rings. The topological polar surface area (TPSA) is 64.0 Å². The first kappa shape index (κ1) is 20.8. The molecule has 0 unspecified atom stereocenters. The van der Waals surface area contributed by atoms with Gasteiger partial charge in [-0.25, -0.2) is 4.79 Å². The molecule has 5 nitrogen and oxygen atoms in total. The Labute approximate surface area is 185 Å². The summed E-state index contributed by atoms with van der Waals surface area (Å²) in [5, 5.41) is 4.20. The van der Waals surface area contributed by atoms with Crippen molar-refractivity contribution in [3.63, 3.8) is 0 Å². The lowest BCUT2D eigenvalue weighted by Gasteiger charge is -2.15. The average Bonchev–Trinajstić information content (AvgIpc) is 2.73. The van der Waals surface area contributed by atoms with E-state index >= 15 is 0 Å². The van der Waals surface area contributed by atoms with Crippen molar-refractivity contribution in [3.05, 3.63) is 92.9 Å². The van der Waals surface area contributed by atoms with Gasteiger partial charge in [-0.2, -0.15) is 4.98 Å². The minimum Gasteiger partial charge on any atom is -0.324 e. The molecule has 0 spiro atoms. The van der Waals surface area contributed by atoms with Crippen LogP contribution in [0.4, 0.5) is 5.69 Å². The van der Waals surface area contributed by atoms with Crippen molar-refractivity contribution >= 4 is 34.1 Å². The third-order valence-electron chi connectivity index (χ3n) is 5.23. The Morgan fingerprint density at radius 3 is 2.35 bits per heavy atom. The fourth-order valence-electron chi connectivity index (χ4n) is 3.92. The second-order valence-corrected chi connectivity index (χ2v) is 8.11. The van der Waals surface area contributed by atoms with Gasteiger partial charge in [0.2, 0.25) is 5.91 Å². The third kappa shape index (κ3) is 4.23. The molecule has 0 atom stereocenters. The van der Waals surface area contributed by atoms with Crippen molar-refractivity contribution in [3.8, 4) is 11.3 Å². The van der Waals surface area contributed by atoms with Crippen LogP contribution in [-0.2, 0) is 11.3 Å². The van der Waals surface area contributed by atoms with Crippen LogP contribution in [0.2, 0.25) is 5.02 Å². The summed E-state index contributed by atoms with van der Waals surface area (Å²) in [6.45, 7) is 5.78. The van der Waals surface area contributed by atoms with Gasteiger partial charge >= 0.3 is 5.69 Å². The summed E-state index contributed by atoms with van der Waals surface area (Å²) in [7, 11) is 0. The second kappa shape index (κ2) is 8.36. The van der Waals surface area contributed by atoms with E-state index in [0.29, 0.717) is 21.6 Å². The maximum atomic E-state index is 12.9. The van der Waals surface area contributed by atoms with Gasteiger partial charge in [0.15, 0.2) is 0 Å². The number of rotatable bonds is 4. The number of halogens is 1. The van der Waals surface area contributed by atoms with Gasteiger partial charge in [0, 0.05) is 21.7 Å². The molecule has 1 N–H and O–H groups in total. The number of hydrogen-bond donors (Lipinski definition) is 1. The van der Waals surface area contributed by atoms with Crippen LogP contribution in [0.25, 0.3) is 22.2 Å². The van der Waals surface area contributed by atoms with Gasteiger partial charge < -0.3 is 5.32 Å². The third-order valence-corrected chi connectivity index (χ3v) is 5.47. The summed E-state index contributed by atoms with van der Waals surface area (Å²) < 4.78 is 1.38. The fraction of sp³-hybridized carbons (Fsp3) is 0.160. The second-order valence-electron chi connectivity index (χ2n) is 7.68. The molecule has 31 heavy (non-hydrogen) atoms. The van der Waals surface area contributed by atoms with Gasteiger partial charge in [0.05, 0.1) is 11.2 Å². The molecule has 1 amide bonds. The van der Waals surface area contributed by atoms with Crippen molar-refractivity contribution in [2.45, 2.75) is 27.3 Å². The Bertz CT molecular complexity index is 1340. The maximum Gasteiger partial charge on any atom is 0.349 e. The quantitative estimate of drug-likeness (QED) is 0.478. The molecule has 0 aliphatic carbocycles. The van der Waals surface area contributed by atoms with Crippen LogP contribution in [0.3, 0.4) is 0 Å². The van der Waals surface area contributed by atoms with Crippen LogP contribution in [0.5, 0.6) is 0 Å². The highest BCUT2D eigenvalue weighted by molar-refractivity contribution is 6.31. The van der Waals surface area contributed by atoms with Gasteiger partial charge in [-0.05, 0) is 50.1 Å². The zero-order chi connectivity index (χ0) is 22.1. The Morgan fingerprint density at radius 1 is 1.00 bits per heavy atom. The van der Waals surface area contributed by atoms with E-state index in [-0.39, 0.29) is 12.5 Å². The number of fused-ring (bicyclic) bond motifs is 1. The van der Waals surface area contributed by atoms with Crippen molar-refractivity contribution in [1.82, 2.24) is 9.55 Å². The maximum absolute atomic E-state index is 12.9. The van der Waals surface area contributed by atoms with Crippen molar-refractivity contribution in [2.24, 2.45) is 0 Å². The Kier molecular flexibility index (Phi) is 5.61. The number of nitrogens with one attached hydrogen (secondary N) is 1. The molecular weight excluding hydrogens is 410 g/mol. The molecule has 0 saturated heterocycles. The number of aryl methyl sites for hydroxylation is 3. The highest BCUT2D eigenvalue weighted by Gasteiger charge is 2.16. The zero-order valence-corrected chi connectivity index (χ0v) is 18.3. The zero-order valence-electron chi connectivity index (χ0n) is 17.6. The minimum atomic E-state index is -0.485. The normalized spacial score (nSPS) is 11.0. The average molecular weight is 432 g/mol. The molecule has 0 aliphatic rings. The van der Waals surface area contributed by atoms with E-state index in [1.807, 2.05) is 63.2 Å². The summed E-state index contributed by atoms with van der Waals surface area (Å²) in [5.41, 5.74) is 5.34. The summed E-state index contributed by atoms with van der Waals surface area (Å²) in [6.07, 6.45) is 0. The predicted molar refractivity (Wildman–Crippen MR) is 126 cm³/mol. The number of hydrogen-bond acceptors (Lipinski definition) is 3. The lowest BCUT2D eigenvalue weighted by molar-refractivity contribution is -0.116. The number of benzene rings is 3. The van der Waals surface area contributed by atoms with Gasteiger partial charge in [-0.15, -0.1) is 0 Å². The van der Waals surface area contributed by atoms with E-state index in [9.17, 15) is 9.59 Å². The number of aromatic nitrogens is 2. The van der Waals surface area contributed by atoms with Crippen molar-refractivity contribution in [2.75, 3.05) is 5.32 Å². The Hall–Kier alpha value is -3.44. The number of nitrogens with zero attached hydrogens (tertiary/aromatic N) is 2. The Morgan fingerprint density at radius 2 is 1.68 bits per heavy atom. The molecule has 3 aromatic carbocycles. The monoisotopic (exact) mass is 431 g/mol. The smallest absolute Gasteiger partial charge is 0.324 e. The number of amides is 1. The van der Waals surface area contributed by atoms with E-state index in [1.165, 1.54) is 4.57 Å². The number of carbonyl (C=O) groups is 1. The molecule has 6 heteroatoms. The molecule has 156 valence electrons. The first-order chi connectivity index (χ1) is 14.8. The van der Waals surface area contributed by atoms with Gasteiger partial charge in [-0.1, -0.05) is 59.6 Å². The number of anilines is 1. The highest BCUT2D eigenvalue weighted by atomic mass is 35.5. The molecule has 0 bridgehead atoms. The molecule has 4 rings (SSSR count). The standard InChI is InChI=1S/C25H22ClN3O2/c1-15-11-16(2)23(17(3)12-15)27-22(30)14-29-21-10-9-19(26)13-20(21)24(28-25(29)31)18-7-5-4-6-8-18/h4-13H,14H2,1-3H3,(H,27,30). The van der Waals surface area contributed by atoms with Crippen LogP contribution in [0, 0.1) is 20.8 Å². The molecule has 1 heterocycles. The van der Waals surface area contributed by atoms with E-state index in [1.54, 1.807) is 18.2 Å². The Balaban J connectivity index is 1.76. The summed E-state index contributed by atoms with van der Waals surface area (Å²) in [6, 6.07) is 18.7. The van der Waals surface area contributed by atoms with Crippen LogP contribution in [-0.4, -0.2) is 15.5 Å². The van der Waals surface area contributed by atoms with Crippen LogP contribution < -0.4 is 11.0 Å². The summed E-state index contributed by atoms with van der Waals surface area (Å²) in [4.78, 5) is 30.1. The van der Waals surface area contributed by atoms with Crippen LogP contribution in [0.15, 0.2) is 65.5 Å². The highest BCUT2D eigenvalue weighted by Crippen LogP contribution is 2.28. The first-order valence-electron chi connectivity index (χ1n) is 9.96.